The van der Waals surface area contributed by atoms with Gasteiger partial charge in [-0.2, -0.15) is 0 Å². The number of hydrogen-bond donors (Lipinski definition) is 3. The molecule has 1 aliphatic rings. The quantitative estimate of drug-likeness (QED) is 0.452. The Bertz CT molecular complexity index is 1080. The topological polar surface area (TPSA) is 101 Å². The van der Waals surface area contributed by atoms with E-state index in [-0.39, 0.29) is 40.8 Å². The maximum Gasteiger partial charge on any atom is 0.266 e. The van der Waals surface area contributed by atoms with Crippen LogP contribution in [0.2, 0.25) is 0 Å². The summed E-state index contributed by atoms with van der Waals surface area (Å²) in [5.41, 5.74) is -0.543. The molecule has 1 fully saturated rings. The van der Waals surface area contributed by atoms with E-state index in [1.807, 2.05) is 11.9 Å². The normalized spacial score (nSPS) is 15.5. The minimum absolute atomic E-state index is 0.0393. The lowest BCUT2D eigenvalue weighted by atomic mass is 10.0. The fourth-order valence-corrected chi connectivity index (χ4v) is 3.59. The second-order valence-corrected chi connectivity index (χ2v) is 7.74. The zero-order valence-electron chi connectivity index (χ0n) is 18.5. The van der Waals surface area contributed by atoms with Crippen molar-refractivity contribution >= 4 is 23.5 Å². The van der Waals surface area contributed by atoms with E-state index in [4.69, 9.17) is 5.41 Å². The molecule has 2 heterocycles. The summed E-state index contributed by atoms with van der Waals surface area (Å²) in [5, 5.41) is 13.8. The van der Waals surface area contributed by atoms with Gasteiger partial charge in [-0.15, -0.1) is 0 Å². The predicted octanol–water partition coefficient (Wildman–Crippen LogP) is 2.47. The molecule has 1 aromatic carbocycles. The molecule has 1 atom stereocenters. The molecule has 3 rings (SSSR count). The minimum atomic E-state index is -2.97. The van der Waals surface area contributed by atoms with E-state index in [0.29, 0.717) is 13.1 Å². The summed E-state index contributed by atoms with van der Waals surface area (Å²) >= 11 is 0. The molecule has 2 amide bonds. The van der Waals surface area contributed by atoms with E-state index in [1.165, 1.54) is 43.3 Å². The first-order valence-corrected chi connectivity index (χ1v) is 10.3. The first kappa shape index (κ1) is 24.2. The number of amidine groups is 1. The number of halogens is 3. The van der Waals surface area contributed by atoms with Crippen molar-refractivity contribution in [1.82, 2.24) is 20.5 Å². The van der Waals surface area contributed by atoms with Gasteiger partial charge in [0.25, 0.3) is 12.3 Å². The van der Waals surface area contributed by atoms with Crippen molar-refractivity contribution < 1.29 is 22.8 Å². The number of nitrogens with one attached hydrogen (secondary N) is 3. The number of likely N-dealkylation sites (N-methyl/N-ethyl adjacent to an activating group) is 1. The predicted molar refractivity (Wildman–Crippen MR) is 117 cm³/mol. The third kappa shape index (κ3) is 5.14. The van der Waals surface area contributed by atoms with Gasteiger partial charge in [-0.05, 0) is 20.0 Å². The maximum atomic E-state index is 14.6. The number of amides is 2. The molecule has 0 spiro atoms. The molecule has 11 heteroatoms. The Morgan fingerprint density at radius 2 is 1.91 bits per heavy atom. The Hall–Kier alpha value is -3.47. The molecule has 176 valence electrons. The SMILES string of the molecule is CNC(=O)c1cnc(N2CCN(C)CC2=O)cc1C(=N)N[C@H](C)c1cccc(C(F)F)c1F. The van der Waals surface area contributed by atoms with Gasteiger partial charge in [0.2, 0.25) is 5.91 Å². The van der Waals surface area contributed by atoms with Crippen LogP contribution in [0.25, 0.3) is 0 Å². The first-order valence-electron chi connectivity index (χ1n) is 10.3. The molecular weight excluding hydrogens is 437 g/mol. The van der Waals surface area contributed by atoms with Crippen LogP contribution in [-0.2, 0) is 4.79 Å². The van der Waals surface area contributed by atoms with Crippen LogP contribution in [0.1, 0.15) is 46.4 Å². The highest BCUT2D eigenvalue weighted by Crippen LogP contribution is 2.27. The van der Waals surface area contributed by atoms with E-state index >= 15 is 0 Å². The van der Waals surface area contributed by atoms with Crippen LogP contribution >= 0.6 is 0 Å². The van der Waals surface area contributed by atoms with Crippen molar-refractivity contribution in [2.75, 3.05) is 38.6 Å². The van der Waals surface area contributed by atoms with Crippen molar-refractivity contribution in [3.05, 3.63) is 58.5 Å². The number of anilines is 1. The molecule has 8 nitrogen and oxygen atoms in total. The summed E-state index contributed by atoms with van der Waals surface area (Å²) < 4.78 is 40.7. The smallest absolute Gasteiger partial charge is 0.266 e. The van der Waals surface area contributed by atoms with Crippen molar-refractivity contribution in [3.63, 3.8) is 0 Å². The Balaban J connectivity index is 1.93. The van der Waals surface area contributed by atoms with Gasteiger partial charge in [0.1, 0.15) is 17.5 Å². The molecule has 1 aromatic heterocycles. The highest BCUT2D eigenvalue weighted by molar-refractivity contribution is 6.09. The van der Waals surface area contributed by atoms with E-state index in [9.17, 15) is 22.8 Å². The zero-order chi connectivity index (χ0) is 24.3. The van der Waals surface area contributed by atoms with Crippen LogP contribution in [0.4, 0.5) is 19.0 Å². The molecule has 1 saturated heterocycles. The summed E-state index contributed by atoms with van der Waals surface area (Å²) in [7, 11) is 3.25. The first-order chi connectivity index (χ1) is 15.6. The van der Waals surface area contributed by atoms with E-state index < -0.39 is 29.8 Å². The number of carbonyl (C=O) groups is 2. The number of hydrogen-bond acceptors (Lipinski definition) is 5. The number of benzene rings is 1. The standard InChI is InChI=1S/C22H25F3N6O2/c1-12(13-5-4-6-14(19(13)23)20(24)25)29-21(26)15-9-17(28-10-16(15)22(33)27-2)31-8-7-30(3)11-18(31)32/h4-6,9-10,12,20H,7-8,11H2,1-3H3,(H2,26,29)(H,27,33)/t12-/m1/s1. The lowest BCUT2D eigenvalue weighted by Gasteiger charge is -2.31. The average Bonchev–Trinajstić information content (AvgIpc) is 2.78. The second kappa shape index (κ2) is 9.99. The third-order valence-corrected chi connectivity index (χ3v) is 5.44. The van der Waals surface area contributed by atoms with Gasteiger partial charge >= 0.3 is 0 Å². The fraction of sp³-hybridized carbons (Fsp3) is 0.364. The number of aromatic nitrogens is 1. The number of piperazine rings is 1. The van der Waals surface area contributed by atoms with Crippen LogP contribution in [0.15, 0.2) is 30.5 Å². The minimum Gasteiger partial charge on any atom is -0.363 e. The van der Waals surface area contributed by atoms with Crippen LogP contribution < -0.4 is 15.5 Å². The Morgan fingerprint density at radius 3 is 2.55 bits per heavy atom. The molecular formula is C22H25F3N6O2. The molecule has 0 saturated carbocycles. The van der Waals surface area contributed by atoms with Crippen LogP contribution in [0.3, 0.4) is 0 Å². The number of nitrogens with zero attached hydrogens (tertiary/aromatic N) is 3. The summed E-state index contributed by atoms with van der Waals surface area (Å²) in [6.07, 6.45) is -1.70. The largest absolute Gasteiger partial charge is 0.363 e. The molecule has 0 radical (unpaired) electrons. The molecule has 3 N–H and O–H groups in total. The van der Waals surface area contributed by atoms with Gasteiger partial charge in [0.15, 0.2) is 0 Å². The monoisotopic (exact) mass is 462 g/mol. The Kier molecular flexibility index (Phi) is 7.32. The van der Waals surface area contributed by atoms with E-state index in [1.54, 1.807) is 0 Å². The van der Waals surface area contributed by atoms with Crippen LogP contribution in [0, 0.1) is 11.2 Å². The van der Waals surface area contributed by atoms with Crippen molar-refractivity contribution in [2.45, 2.75) is 19.4 Å². The molecule has 1 aliphatic heterocycles. The van der Waals surface area contributed by atoms with Gasteiger partial charge < -0.3 is 10.6 Å². The molecule has 33 heavy (non-hydrogen) atoms. The second-order valence-electron chi connectivity index (χ2n) is 7.74. The summed E-state index contributed by atoms with van der Waals surface area (Å²) in [6.45, 7) is 2.75. The average molecular weight is 462 g/mol. The molecule has 0 aliphatic carbocycles. The zero-order valence-corrected chi connectivity index (χ0v) is 18.5. The van der Waals surface area contributed by atoms with Crippen LogP contribution in [-0.4, -0.2) is 61.3 Å². The number of pyridine rings is 1. The molecule has 2 aromatic rings. The van der Waals surface area contributed by atoms with Gasteiger partial charge in [-0.3, -0.25) is 24.8 Å². The van der Waals surface area contributed by atoms with E-state index in [0.717, 1.165) is 6.07 Å². The molecule has 0 unspecified atom stereocenters. The fourth-order valence-electron chi connectivity index (χ4n) is 3.59. The van der Waals surface area contributed by atoms with Crippen molar-refractivity contribution in [1.29, 1.82) is 5.41 Å². The lowest BCUT2D eigenvalue weighted by molar-refractivity contribution is -0.120. The molecule has 0 bridgehead atoms. The van der Waals surface area contributed by atoms with Crippen molar-refractivity contribution in [2.24, 2.45) is 0 Å². The van der Waals surface area contributed by atoms with Gasteiger partial charge in [-0.1, -0.05) is 18.2 Å². The number of carbonyl (C=O) groups excluding carboxylic acids is 2. The van der Waals surface area contributed by atoms with Gasteiger partial charge in [0.05, 0.1) is 23.7 Å². The summed E-state index contributed by atoms with van der Waals surface area (Å²) in [6, 6.07) is 4.28. The van der Waals surface area contributed by atoms with Gasteiger partial charge in [0, 0.05) is 37.5 Å². The highest BCUT2D eigenvalue weighted by atomic mass is 19.3. The number of rotatable bonds is 6. The van der Waals surface area contributed by atoms with Gasteiger partial charge in [-0.25, -0.2) is 18.2 Å². The van der Waals surface area contributed by atoms with Crippen LogP contribution in [0.5, 0.6) is 0 Å². The third-order valence-electron chi connectivity index (χ3n) is 5.44. The Morgan fingerprint density at radius 1 is 1.21 bits per heavy atom. The van der Waals surface area contributed by atoms with Crippen molar-refractivity contribution in [3.8, 4) is 0 Å². The number of alkyl halides is 2. The summed E-state index contributed by atoms with van der Waals surface area (Å²) in [4.78, 5) is 32.4. The van der Waals surface area contributed by atoms with E-state index in [2.05, 4.69) is 15.6 Å². The lowest BCUT2D eigenvalue weighted by Crippen LogP contribution is -2.49. The Labute approximate surface area is 189 Å². The maximum absolute atomic E-state index is 14.6. The summed E-state index contributed by atoms with van der Waals surface area (Å²) in [5.74, 6) is -1.69. The highest BCUT2D eigenvalue weighted by Gasteiger charge is 2.26.